The first-order valence-corrected chi connectivity index (χ1v) is 11.0. The lowest BCUT2D eigenvalue weighted by molar-refractivity contribution is -0.575. The van der Waals surface area contributed by atoms with Crippen LogP contribution in [0.15, 0.2) is 24.3 Å². The standard InChI is InChI=1S/C23H30O7/c1-13-4-9-18-14(2)20(26-16-7-5-15(6-8-16)12-19(24)25)27-21-23(18)17(13)10-11-22(3,28-21)29-30-23/h5-8,13-14,17-18,20-21H,4,9-12H2,1-3H3,(H,24,25)/t13-,14-,17+,18+,20-,21-,22-,23-/m1/s1. The van der Waals surface area contributed by atoms with E-state index >= 15 is 0 Å². The summed E-state index contributed by atoms with van der Waals surface area (Å²) in [6, 6.07) is 7.15. The monoisotopic (exact) mass is 418 g/mol. The Kier molecular flexibility index (Phi) is 4.85. The van der Waals surface area contributed by atoms with Gasteiger partial charge in [0.1, 0.15) is 5.75 Å². The molecule has 6 rings (SSSR count). The molecule has 1 spiro atoms. The van der Waals surface area contributed by atoms with E-state index in [1.165, 1.54) is 0 Å². The van der Waals surface area contributed by atoms with Gasteiger partial charge in [0.15, 0.2) is 11.9 Å². The van der Waals surface area contributed by atoms with Crippen LogP contribution in [-0.2, 0) is 30.5 Å². The number of benzene rings is 1. The molecule has 1 N–H and O–H groups in total. The highest BCUT2D eigenvalue weighted by Crippen LogP contribution is 2.60. The van der Waals surface area contributed by atoms with Crippen molar-refractivity contribution in [2.45, 2.75) is 76.8 Å². The van der Waals surface area contributed by atoms with E-state index in [-0.39, 0.29) is 18.3 Å². The van der Waals surface area contributed by atoms with Crippen molar-refractivity contribution in [1.29, 1.82) is 0 Å². The highest BCUT2D eigenvalue weighted by molar-refractivity contribution is 5.70. The number of hydrogen-bond donors (Lipinski definition) is 1. The molecule has 4 aliphatic heterocycles. The van der Waals surface area contributed by atoms with E-state index in [1.54, 1.807) is 24.3 Å². The Morgan fingerprint density at radius 2 is 1.90 bits per heavy atom. The van der Waals surface area contributed by atoms with E-state index in [0.29, 0.717) is 17.6 Å². The Hall–Kier alpha value is -1.67. The molecule has 0 radical (unpaired) electrons. The van der Waals surface area contributed by atoms with Crippen molar-refractivity contribution in [2.75, 3.05) is 0 Å². The molecular weight excluding hydrogens is 388 g/mol. The van der Waals surface area contributed by atoms with Crippen LogP contribution in [0.1, 0.15) is 52.0 Å². The molecule has 0 aromatic heterocycles. The fourth-order valence-electron chi connectivity index (χ4n) is 6.00. The van der Waals surface area contributed by atoms with Gasteiger partial charge in [-0.15, -0.1) is 0 Å². The van der Waals surface area contributed by atoms with E-state index in [4.69, 9.17) is 29.1 Å². The number of ether oxygens (including phenoxy) is 3. The molecule has 5 fully saturated rings. The summed E-state index contributed by atoms with van der Waals surface area (Å²) >= 11 is 0. The number of hydrogen-bond acceptors (Lipinski definition) is 6. The molecule has 4 saturated heterocycles. The van der Waals surface area contributed by atoms with E-state index in [9.17, 15) is 4.79 Å². The zero-order valence-electron chi connectivity index (χ0n) is 17.7. The minimum atomic E-state index is -0.851. The van der Waals surface area contributed by atoms with Gasteiger partial charge in [-0.3, -0.25) is 4.79 Å². The molecule has 30 heavy (non-hydrogen) atoms. The molecule has 2 bridgehead atoms. The van der Waals surface area contributed by atoms with E-state index in [0.717, 1.165) is 31.2 Å². The van der Waals surface area contributed by atoms with Gasteiger partial charge in [-0.05, 0) is 55.7 Å². The van der Waals surface area contributed by atoms with E-state index < -0.39 is 29.9 Å². The third-order valence-electron chi connectivity index (χ3n) is 7.63. The summed E-state index contributed by atoms with van der Waals surface area (Å²) in [5.74, 6) is 0.133. The number of fused-ring (bicyclic) bond motifs is 2. The van der Waals surface area contributed by atoms with Crippen LogP contribution in [0.25, 0.3) is 0 Å². The quantitative estimate of drug-likeness (QED) is 0.743. The molecule has 1 saturated carbocycles. The van der Waals surface area contributed by atoms with Gasteiger partial charge in [0.25, 0.3) is 0 Å². The zero-order valence-corrected chi connectivity index (χ0v) is 17.7. The van der Waals surface area contributed by atoms with Crippen LogP contribution in [0.4, 0.5) is 0 Å². The maximum Gasteiger partial charge on any atom is 0.307 e. The number of rotatable bonds is 4. The first-order chi connectivity index (χ1) is 14.3. The van der Waals surface area contributed by atoms with E-state index in [2.05, 4.69) is 13.8 Å². The van der Waals surface area contributed by atoms with Crippen molar-refractivity contribution in [1.82, 2.24) is 0 Å². The predicted molar refractivity (Wildman–Crippen MR) is 105 cm³/mol. The van der Waals surface area contributed by atoms with Crippen molar-refractivity contribution in [2.24, 2.45) is 23.7 Å². The SMILES string of the molecule is C[C@H]1[C@H](Oc2ccc(CC(=O)O)cc2)O[C@@H]2O[C@@]3(C)CC[C@H]4[C@H](C)CC[C@@H]1[C@@]24OO3. The molecule has 1 aromatic rings. The van der Waals surface area contributed by atoms with Gasteiger partial charge in [-0.2, -0.15) is 0 Å². The maximum atomic E-state index is 10.9. The molecule has 1 aliphatic carbocycles. The van der Waals surface area contributed by atoms with Gasteiger partial charge in [0, 0.05) is 18.3 Å². The molecule has 5 aliphatic rings. The van der Waals surface area contributed by atoms with Crippen LogP contribution in [0.5, 0.6) is 5.75 Å². The largest absolute Gasteiger partial charge is 0.481 e. The molecule has 4 heterocycles. The van der Waals surface area contributed by atoms with Crippen molar-refractivity contribution < 1.29 is 33.9 Å². The van der Waals surface area contributed by atoms with Gasteiger partial charge in [-0.25, -0.2) is 9.78 Å². The fourth-order valence-corrected chi connectivity index (χ4v) is 6.00. The molecule has 164 valence electrons. The number of carboxylic acids is 1. The Bertz CT molecular complexity index is 810. The Labute approximate surface area is 176 Å². The molecule has 7 heteroatoms. The zero-order chi connectivity index (χ0) is 21.1. The first kappa shape index (κ1) is 20.2. The summed E-state index contributed by atoms with van der Waals surface area (Å²) in [6.45, 7) is 6.35. The molecule has 1 aromatic carbocycles. The number of carbonyl (C=O) groups is 1. The normalized spacial score (nSPS) is 44.8. The summed E-state index contributed by atoms with van der Waals surface area (Å²) < 4.78 is 19.0. The van der Waals surface area contributed by atoms with Crippen molar-refractivity contribution in [3.63, 3.8) is 0 Å². The molecule has 0 unspecified atom stereocenters. The number of aliphatic carboxylic acids is 1. The Morgan fingerprint density at radius 1 is 1.13 bits per heavy atom. The molecule has 0 amide bonds. The lowest BCUT2D eigenvalue weighted by Gasteiger charge is -2.60. The Balaban J connectivity index is 1.41. The van der Waals surface area contributed by atoms with Crippen molar-refractivity contribution >= 4 is 5.97 Å². The average molecular weight is 418 g/mol. The van der Waals surface area contributed by atoms with Crippen LogP contribution in [-0.4, -0.2) is 35.0 Å². The Morgan fingerprint density at radius 3 is 2.63 bits per heavy atom. The van der Waals surface area contributed by atoms with Gasteiger partial charge in [-0.1, -0.05) is 26.0 Å². The highest BCUT2D eigenvalue weighted by Gasteiger charge is 2.69. The maximum absolute atomic E-state index is 10.9. The minimum absolute atomic E-state index is 0.00733. The fraction of sp³-hybridized carbons (Fsp3) is 0.696. The van der Waals surface area contributed by atoms with Crippen LogP contribution >= 0.6 is 0 Å². The van der Waals surface area contributed by atoms with E-state index in [1.807, 2.05) is 6.92 Å². The predicted octanol–water partition coefficient (Wildman–Crippen LogP) is 3.90. The second-order valence-electron chi connectivity index (χ2n) is 9.61. The molecule has 7 nitrogen and oxygen atoms in total. The lowest BCUT2D eigenvalue weighted by atomic mass is 9.58. The second-order valence-corrected chi connectivity index (χ2v) is 9.61. The summed E-state index contributed by atoms with van der Waals surface area (Å²) in [7, 11) is 0. The van der Waals surface area contributed by atoms with Crippen molar-refractivity contribution in [3.8, 4) is 5.75 Å². The number of carboxylic acid groups (broad SMARTS) is 1. The summed E-state index contributed by atoms with van der Waals surface area (Å²) in [5, 5.41) is 8.95. The minimum Gasteiger partial charge on any atom is -0.481 e. The first-order valence-electron chi connectivity index (χ1n) is 11.0. The van der Waals surface area contributed by atoms with Gasteiger partial charge in [0.05, 0.1) is 6.42 Å². The lowest BCUT2D eigenvalue weighted by Crippen LogP contribution is -2.70. The summed E-state index contributed by atoms with van der Waals surface area (Å²) in [5.41, 5.74) is 0.136. The smallest absolute Gasteiger partial charge is 0.307 e. The topological polar surface area (TPSA) is 83.5 Å². The summed E-state index contributed by atoms with van der Waals surface area (Å²) in [6.07, 6.45) is 2.91. The highest BCUT2D eigenvalue weighted by atomic mass is 17.3. The third-order valence-corrected chi connectivity index (χ3v) is 7.63. The van der Waals surface area contributed by atoms with Crippen LogP contribution in [0.3, 0.4) is 0 Å². The van der Waals surface area contributed by atoms with Crippen LogP contribution in [0, 0.1) is 23.7 Å². The van der Waals surface area contributed by atoms with Crippen LogP contribution in [0.2, 0.25) is 0 Å². The second kappa shape index (κ2) is 7.19. The average Bonchev–Trinajstić information content (AvgIpc) is 2.93. The summed E-state index contributed by atoms with van der Waals surface area (Å²) in [4.78, 5) is 22.9. The van der Waals surface area contributed by atoms with Gasteiger partial charge in [0.2, 0.25) is 12.1 Å². The van der Waals surface area contributed by atoms with Gasteiger partial charge >= 0.3 is 5.97 Å². The molecule has 8 atom stereocenters. The third kappa shape index (κ3) is 3.14. The van der Waals surface area contributed by atoms with Crippen LogP contribution < -0.4 is 4.74 Å². The van der Waals surface area contributed by atoms with Gasteiger partial charge < -0.3 is 19.3 Å². The van der Waals surface area contributed by atoms with Crippen molar-refractivity contribution in [3.05, 3.63) is 29.8 Å². The molecular formula is C23H30O7.